The second-order valence-electron chi connectivity index (χ2n) is 9.74. The summed E-state index contributed by atoms with van der Waals surface area (Å²) in [7, 11) is 1.59. The van der Waals surface area contributed by atoms with Crippen LogP contribution in [0, 0.1) is 5.92 Å². The Balaban J connectivity index is 0.00000481. The maximum absolute atomic E-state index is 13.3. The van der Waals surface area contributed by atoms with E-state index in [4.69, 9.17) is 4.74 Å². The number of rotatable bonds is 11. The third-order valence-corrected chi connectivity index (χ3v) is 6.95. The van der Waals surface area contributed by atoms with Gasteiger partial charge in [-0.1, -0.05) is 44.9 Å². The SMILES string of the molecule is COc1ccccc1-c1ccc(CC(NC(=O)C2(NC(=O)[C@H](S)CC(C)C)CCCC2)C(=O)O)cn1.Cl. The van der Waals surface area contributed by atoms with Gasteiger partial charge in [-0.05, 0) is 48.9 Å². The standard InChI is InChI=1S/C27H35N3O5S.ClH/c1-17(2)14-23(36)24(31)30-27(12-6-7-13-27)26(34)29-21(25(32)33)15-18-10-11-20(28-16-18)19-8-4-5-9-22(19)35-3;/h4-5,8-11,16-17,21,23,36H,6-7,12-15H2,1-3H3,(H,29,34)(H,30,31)(H,32,33);1H/t21?,23-;/m1./s1. The van der Waals surface area contributed by atoms with Crippen molar-refractivity contribution in [3.05, 3.63) is 48.2 Å². The predicted octanol–water partition coefficient (Wildman–Crippen LogP) is 4.06. The highest BCUT2D eigenvalue weighted by atomic mass is 35.5. The first-order valence-corrected chi connectivity index (χ1v) is 12.8. The number of halogens is 1. The summed E-state index contributed by atoms with van der Waals surface area (Å²) >= 11 is 4.41. The first kappa shape index (κ1) is 30.4. The highest BCUT2D eigenvalue weighted by Crippen LogP contribution is 2.31. The molecule has 3 rings (SSSR count). The van der Waals surface area contributed by atoms with Crippen molar-refractivity contribution < 1.29 is 24.2 Å². The Morgan fingerprint density at radius 2 is 1.81 bits per heavy atom. The molecule has 0 aliphatic heterocycles. The van der Waals surface area contributed by atoms with Crippen LogP contribution in [0.2, 0.25) is 0 Å². The van der Waals surface area contributed by atoms with E-state index in [0.717, 1.165) is 18.4 Å². The molecule has 1 saturated carbocycles. The molecule has 0 radical (unpaired) electrons. The van der Waals surface area contributed by atoms with Crippen LogP contribution in [0.15, 0.2) is 42.6 Å². The van der Waals surface area contributed by atoms with Crippen molar-refractivity contribution >= 4 is 42.8 Å². The van der Waals surface area contributed by atoms with E-state index in [0.29, 0.717) is 36.3 Å². The van der Waals surface area contributed by atoms with Crippen molar-refractivity contribution in [1.29, 1.82) is 0 Å². The number of aromatic nitrogens is 1. The second-order valence-corrected chi connectivity index (χ2v) is 10.4. The topological polar surface area (TPSA) is 118 Å². The number of para-hydroxylation sites is 1. The van der Waals surface area contributed by atoms with E-state index in [1.54, 1.807) is 25.4 Å². The minimum absolute atomic E-state index is 0. The van der Waals surface area contributed by atoms with Crippen molar-refractivity contribution in [2.45, 2.75) is 69.2 Å². The van der Waals surface area contributed by atoms with Crippen LogP contribution in [0.4, 0.5) is 0 Å². The molecule has 0 bridgehead atoms. The second kappa shape index (κ2) is 13.7. The van der Waals surface area contributed by atoms with Crippen molar-refractivity contribution in [2.75, 3.05) is 7.11 Å². The van der Waals surface area contributed by atoms with Gasteiger partial charge in [0.15, 0.2) is 0 Å². The molecule has 1 unspecified atom stereocenters. The molecule has 0 spiro atoms. The van der Waals surface area contributed by atoms with Crippen LogP contribution in [0.1, 0.15) is 51.5 Å². The number of ether oxygens (including phenoxy) is 1. The van der Waals surface area contributed by atoms with Gasteiger partial charge >= 0.3 is 5.97 Å². The number of pyridine rings is 1. The summed E-state index contributed by atoms with van der Waals surface area (Å²) in [5.41, 5.74) is 1.07. The van der Waals surface area contributed by atoms with Gasteiger partial charge in [0.1, 0.15) is 17.3 Å². The summed E-state index contributed by atoms with van der Waals surface area (Å²) in [6.45, 7) is 4.01. The summed E-state index contributed by atoms with van der Waals surface area (Å²) in [6, 6.07) is 9.94. The lowest BCUT2D eigenvalue weighted by atomic mass is 9.94. The van der Waals surface area contributed by atoms with E-state index in [2.05, 4.69) is 28.2 Å². The minimum Gasteiger partial charge on any atom is -0.496 e. The normalized spacial score (nSPS) is 15.8. The maximum atomic E-state index is 13.3. The van der Waals surface area contributed by atoms with Gasteiger partial charge < -0.3 is 20.5 Å². The Morgan fingerprint density at radius 3 is 2.38 bits per heavy atom. The fourth-order valence-corrected chi connectivity index (χ4v) is 5.04. The fourth-order valence-electron chi connectivity index (χ4n) is 4.55. The van der Waals surface area contributed by atoms with Crippen molar-refractivity contribution in [2.24, 2.45) is 5.92 Å². The largest absolute Gasteiger partial charge is 0.496 e. The van der Waals surface area contributed by atoms with Gasteiger partial charge in [0, 0.05) is 18.2 Å². The molecular formula is C27H36ClN3O5S. The molecule has 8 nitrogen and oxygen atoms in total. The number of carbonyl (C=O) groups is 3. The van der Waals surface area contributed by atoms with Gasteiger partial charge in [0.25, 0.3) is 0 Å². The molecule has 202 valence electrons. The predicted molar refractivity (Wildman–Crippen MR) is 148 cm³/mol. The Kier molecular flexibility index (Phi) is 11.3. The van der Waals surface area contributed by atoms with Gasteiger partial charge in [0.05, 0.1) is 18.1 Å². The van der Waals surface area contributed by atoms with Crippen molar-refractivity contribution in [3.8, 4) is 17.0 Å². The first-order valence-electron chi connectivity index (χ1n) is 12.3. The zero-order valence-corrected chi connectivity index (χ0v) is 23.1. The highest BCUT2D eigenvalue weighted by molar-refractivity contribution is 7.81. The van der Waals surface area contributed by atoms with Gasteiger partial charge in [0.2, 0.25) is 11.8 Å². The molecule has 1 aliphatic carbocycles. The number of carboxylic acid groups (broad SMARTS) is 1. The summed E-state index contributed by atoms with van der Waals surface area (Å²) in [4.78, 5) is 42.6. The van der Waals surface area contributed by atoms with Crippen LogP contribution in [0.5, 0.6) is 5.75 Å². The molecule has 3 N–H and O–H groups in total. The van der Waals surface area contributed by atoms with E-state index in [1.165, 1.54) is 0 Å². The average Bonchev–Trinajstić information content (AvgIpc) is 3.33. The molecular weight excluding hydrogens is 514 g/mol. The first-order chi connectivity index (χ1) is 17.1. The smallest absolute Gasteiger partial charge is 0.326 e. The van der Waals surface area contributed by atoms with E-state index in [9.17, 15) is 19.5 Å². The van der Waals surface area contributed by atoms with Crippen LogP contribution < -0.4 is 15.4 Å². The zero-order chi connectivity index (χ0) is 26.3. The van der Waals surface area contributed by atoms with Crippen LogP contribution in [-0.2, 0) is 20.8 Å². The van der Waals surface area contributed by atoms with Crippen LogP contribution in [0.3, 0.4) is 0 Å². The van der Waals surface area contributed by atoms with Gasteiger partial charge in [-0.3, -0.25) is 14.6 Å². The Hall–Kier alpha value is -2.78. The Bertz CT molecular complexity index is 1070. The highest BCUT2D eigenvalue weighted by Gasteiger charge is 2.44. The summed E-state index contributed by atoms with van der Waals surface area (Å²) in [6.07, 6.45) is 4.74. The number of benzene rings is 1. The summed E-state index contributed by atoms with van der Waals surface area (Å²) < 4.78 is 5.39. The molecule has 10 heteroatoms. The monoisotopic (exact) mass is 549 g/mol. The lowest BCUT2D eigenvalue weighted by molar-refractivity contribution is -0.143. The number of nitrogens with zero attached hydrogens (tertiary/aromatic N) is 1. The number of nitrogens with one attached hydrogen (secondary N) is 2. The number of hydrogen-bond donors (Lipinski definition) is 4. The van der Waals surface area contributed by atoms with Gasteiger partial charge in [-0.15, -0.1) is 12.4 Å². The Morgan fingerprint density at radius 1 is 1.14 bits per heavy atom. The van der Waals surface area contributed by atoms with Crippen LogP contribution in [-0.4, -0.2) is 51.8 Å². The summed E-state index contributed by atoms with van der Waals surface area (Å²) in [5, 5.41) is 14.9. The van der Waals surface area contributed by atoms with E-state index in [-0.39, 0.29) is 30.7 Å². The molecule has 37 heavy (non-hydrogen) atoms. The van der Waals surface area contributed by atoms with E-state index < -0.39 is 28.7 Å². The Labute approximate surface area is 229 Å². The number of carbonyl (C=O) groups excluding carboxylic acids is 2. The number of aliphatic carboxylic acids is 1. The van der Waals surface area contributed by atoms with Gasteiger partial charge in [-0.25, -0.2) is 4.79 Å². The minimum atomic E-state index is -1.16. The zero-order valence-electron chi connectivity index (χ0n) is 21.4. The molecule has 2 amide bonds. The molecule has 1 aromatic carbocycles. The lowest BCUT2D eigenvalue weighted by Gasteiger charge is -2.31. The van der Waals surface area contributed by atoms with Gasteiger partial charge in [-0.2, -0.15) is 12.6 Å². The number of hydrogen-bond acceptors (Lipinski definition) is 6. The molecule has 2 aromatic rings. The van der Waals surface area contributed by atoms with Crippen molar-refractivity contribution in [1.82, 2.24) is 15.6 Å². The average molecular weight is 550 g/mol. The number of methoxy groups -OCH3 is 1. The van der Waals surface area contributed by atoms with Crippen LogP contribution >= 0.6 is 25.0 Å². The lowest BCUT2D eigenvalue weighted by Crippen LogP contribution is -2.61. The molecule has 0 saturated heterocycles. The summed E-state index contributed by atoms with van der Waals surface area (Å²) in [5.74, 6) is -0.944. The molecule has 2 atom stereocenters. The van der Waals surface area contributed by atoms with Crippen molar-refractivity contribution in [3.63, 3.8) is 0 Å². The third kappa shape index (κ3) is 7.85. The molecule has 1 fully saturated rings. The maximum Gasteiger partial charge on any atom is 0.326 e. The third-order valence-electron chi connectivity index (χ3n) is 6.50. The van der Waals surface area contributed by atoms with Crippen LogP contribution in [0.25, 0.3) is 11.3 Å². The van der Waals surface area contributed by atoms with E-state index >= 15 is 0 Å². The number of carboxylic acids is 1. The molecule has 1 aliphatic rings. The molecule has 1 heterocycles. The number of amides is 2. The van der Waals surface area contributed by atoms with E-state index in [1.807, 2.05) is 38.1 Å². The fraction of sp³-hybridized carbons (Fsp3) is 0.481. The molecule has 1 aromatic heterocycles. The number of thiol groups is 1. The quantitative estimate of drug-likeness (QED) is 0.314.